The van der Waals surface area contributed by atoms with Crippen molar-refractivity contribution in [2.75, 3.05) is 18.5 Å². The molecule has 2 heterocycles. The number of fused-ring (bicyclic) bond motifs is 2. The van der Waals surface area contributed by atoms with Crippen molar-refractivity contribution < 1.29 is 14.2 Å². The van der Waals surface area contributed by atoms with Crippen molar-refractivity contribution in [2.45, 2.75) is 38.8 Å². The fourth-order valence-corrected chi connectivity index (χ4v) is 3.79. The lowest BCUT2D eigenvalue weighted by Crippen LogP contribution is -2.42. The van der Waals surface area contributed by atoms with Crippen LogP contribution in [0, 0.1) is 6.92 Å². The maximum atomic E-state index is 6.16. The van der Waals surface area contributed by atoms with Crippen molar-refractivity contribution in [1.29, 1.82) is 0 Å². The summed E-state index contributed by atoms with van der Waals surface area (Å²) in [5.41, 5.74) is 2.92. The lowest BCUT2D eigenvalue weighted by Gasteiger charge is -2.38. The molecular weight excluding hydrogens is 360 g/mol. The van der Waals surface area contributed by atoms with Crippen LogP contribution in [0.5, 0.6) is 17.2 Å². The molecule has 2 aliphatic heterocycles. The molecule has 142 valence electrons. The number of hydrogen-bond acceptors (Lipinski definition) is 4. The molecular formula is C21H24N2O3S. The number of nitrogens with one attached hydrogen (secondary N) is 2. The number of rotatable bonds is 2. The Labute approximate surface area is 165 Å². The molecule has 6 heteroatoms. The van der Waals surface area contributed by atoms with Gasteiger partial charge in [-0.15, -0.1) is 0 Å². The van der Waals surface area contributed by atoms with E-state index >= 15 is 0 Å². The molecule has 2 aliphatic rings. The normalized spacial score (nSPS) is 19.4. The van der Waals surface area contributed by atoms with Gasteiger partial charge in [0.25, 0.3) is 0 Å². The Morgan fingerprint density at radius 3 is 2.63 bits per heavy atom. The highest BCUT2D eigenvalue weighted by Gasteiger charge is 2.34. The van der Waals surface area contributed by atoms with E-state index in [-0.39, 0.29) is 11.6 Å². The molecule has 2 aromatic carbocycles. The number of ether oxygens (including phenoxy) is 3. The van der Waals surface area contributed by atoms with Crippen LogP contribution in [0.1, 0.15) is 37.4 Å². The predicted octanol–water partition coefficient (Wildman–Crippen LogP) is 4.36. The van der Waals surface area contributed by atoms with Gasteiger partial charge in [-0.2, -0.15) is 0 Å². The van der Waals surface area contributed by atoms with E-state index in [9.17, 15) is 0 Å². The van der Waals surface area contributed by atoms with Gasteiger partial charge >= 0.3 is 0 Å². The van der Waals surface area contributed by atoms with E-state index in [0.29, 0.717) is 18.3 Å². The van der Waals surface area contributed by atoms with Gasteiger partial charge < -0.3 is 24.8 Å². The molecule has 1 unspecified atom stereocenters. The summed E-state index contributed by atoms with van der Waals surface area (Å²) in [4.78, 5) is 0. The van der Waals surface area contributed by atoms with E-state index in [0.717, 1.165) is 34.9 Å². The van der Waals surface area contributed by atoms with Crippen LogP contribution in [0.4, 0.5) is 5.69 Å². The molecule has 0 saturated carbocycles. The van der Waals surface area contributed by atoms with E-state index < -0.39 is 0 Å². The van der Waals surface area contributed by atoms with Gasteiger partial charge in [0.1, 0.15) is 24.6 Å². The zero-order valence-electron chi connectivity index (χ0n) is 15.8. The van der Waals surface area contributed by atoms with E-state index in [2.05, 4.69) is 49.6 Å². The van der Waals surface area contributed by atoms with Crippen LogP contribution in [0.25, 0.3) is 0 Å². The molecule has 0 aromatic heterocycles. The first kappa shape index (κ1) is 17.9. The third-order valence-corrected chi connectivity index (χ3v) is 4.95. The van der Waals surface area contributed by atoms with Crippen LogP contribution in [-0.2, 0) is 0 Å². The fraction of sp³-hybridized carbons (Fsp3) is 0.381. The topological polar surface area (TPSA) is 51.8 Å². The lowest BCUT2D eigenvalue weighted by molar-refractivity contribution is 0.0696. The van der Waals surface area contributed by atoms with Crippen LogP contribution in [-0.4, -0.2) is 23.9 Å². The Morgan fingerprint density at radius 1 is 1.04 bits per heavy atom. The predicted molar refractivity (Wildman–Crippen MR) is 110 cm³/mol. The molecule has 0 aliphatic carbocycles. The van der Waals surface area contributed by atoms with Crippen LogP contribution in [0.15, 0.2) is 36.4 Å². The largest absolute Gasteiger partial charge is 0.487 e. The number of anilines is 1. The number of hydrogen-bond donors (Lipinski definition) is 2. The standard InChI is InChI=1S/C21H24N2O3S/c1-13-4-6-15-16(12-21(2,3)26-18(15)10-13)23-20(27)22-14-5-7-17-19(11-14)25-9-8-24-17/h4-7,10-11,16H,8-9,12H2,1-3H3,(H2,22,23,27). The number of benzene rings is 2. The van der Waals surface area contributed by atoms with E-state index in [4.69, 9.17) is 26.4 Å². The second-order valence-corrected chi connectivity index (χ2v) is 8.02. The molecule has 0 bridgehead atoms. The van der Waals surface area contributed by atoms with Crippen molar-refractivity contribution in [2.24, 2.45) is 0 Å². The van der Waals surface area contributed by atoms with Gasteiger partial charge in [-0.25, -0.2) is 0 Å². The average Bonchev–Trinajstić information content (AvgIpc) is 2.60. The van der Waals surface area contributed by atoms with E-state index in [1.54, 1.807) is 0 Å². The zero-order valence-corrected chi connectivity index (χ0v) is 16.6. The van der Waals surface area contributed by atoms with Gasteiger partial charge in [0, 0.05) is 23.7 Å². The first-order chi connectivity index (χ1) is 12.9. The minimum absolute atomic E-state index is 0.0848. The third kappa shape index (κ3) is 3.95. The van der Waals surface area contributed by atoms with Gasteiger partial charge in [0.15, 0.2) is 16.6 Å². The summed E-state index contributed by atoms with van der Waals surface area (Å²) in [6, 6.07) is 12.1. The van der Waals surface area contributed by atoms with Crippen LogP contribution >= 0.6 is 12.2 Å². The van der Waals surface area contributed by atoms with Crippen LogP contribution in [0.3, 0.4) is 0 Å². The molecule has 2 aromatic rings. The maximum Gasteiger partial charge on any atom is 0.171 e. The summed E-state index contributed by atoms with van der Waals surface area (Å²) < 4.78 is 17.4. The Bertz CT molecular complexity index is 882. The van der Waals surface area contributed by atoms with Gasteiger partial charge in [0.2, 0.25) is 0 Å². The van der Waals surface area contributed by atoms with Gasteiger partial charge in [-0.05, 0) is 56.8 Å². The highest BCUT2D eigenvalue weighted by molar-refractivity contribution is 7.80. The summed E-state index contributed by atoms with van der Waals surface area (Å²) in [5, 5.41) is 7.27. The quantitative estimate of drug-likeness (QED) is 0.751. The molecule has 1 atom stereocenters. The first-order valence-electron chi connectivity index (χ1n) is 9.16. The number of aryl methyl sites for hydroxylation is 1. The molecule has 0 radical (unpaired) electrons. The van der Waals surface area contributed by atoms with Crippen molar-refractivity contribution >= 4 is 23.0 Å². The SMILES string of the molecule is Cc1ccc2c(c1)OC(C)(C)CC2NC(=S)Nc1ccc2c(c1)OCCO2. The maximum absolute atomic E-state index is 6.16. The van der Waals surface area contributed by atoms with E-state index in [1.165, 1.54) is 5.56 Å². The second kappa shape index (κ2) is 6.93. The van der Waals surface area contributed by atoms with Crippen LogP contribution < -0.4 is 24.8 Å². The minimum Gasteiger partial charge on any atom is -0.487 e. The lowest BCUT2D eigenvalue weighted by atomic mass is 9.89. The smallest absolute Gasteiger partial charge is 0.171 e. The van der Waals surface area contributed by atoms with Gasteiger partial charge in [-0.1, -0.05) is 12.1 Å². The molecule has 4 rings (SSSR count). The molecule has 27 heavy (non-hydrogen) atoms. The summed E-state index contributed by atoms with van der Waals surface area (Å²) >= 11 is 5.57. The molecule has 0 spiro atoms. The third-order valence-electron chi connectivity index (χ3n) is 4.73. The Kier molecular flexibility index (Phi) is 4.60. The van der Waals surface area contributed by atoms with Crippen molar-refractivity contribution in [3.63, 3.8) is 0 Å². The Hall–Kier alpha value is -2.47. The molecule has 0 fully saturated rings. The van der Waals surface area contributed by atoms with E-state index in [1.807, 2.05) is 18.2 Å². The Morgan fingerprint density at radius 2 is 1.81 bits per heavy atom. The summed E-state index contributed by atoms with van der Waals surface area (Å²) in [7, 11) is 0. The number of thiocarbonyl (C=S) groups is 1. The first-order valence-corrected chi connectivity index (χ1v) is 9.57. The monoisotopic (exact) mass is 384 g/mol. The average molecular weight is 385 g/mol. The highest BCUT2D eigenvalue weighted by Crippen LogP contribution is 2.40. The molecule has 0 saturated heterocycles. The Balaban J connectivity index is 1.49. The highest BCUT2D eigenvalue weighted by atomic mass is 32.1. The van der Waals surface area contributed by atoms with Gasteiger partial charge in [0.05, 0.1) is 6.04 Å². The van der Waals surface area contributed by atoms with Crippen molar-refractivity contribution in [1.82, 2.24) is 5.32 Å². The zero-order chi connectivity index (χ0) is 19.0. The summed E-state index contributed by atoms with van der Waals surface area (Å²) in [6.45, 7) is 7.42. The second-order valence-electron chi connectivity index (χ2n) is 7.62. The van der Waals surface area contributed by atoms with Gasteiger partial charge in [-0.3, -0.25) is 0 Å². The summed E-state index contributed by atoms with van der Waals surface area (Å²) in [6.07, 6.45) is 0.825. The van der Waals surface area contributed by atoms with Crippen molar-refractivity contribution in [3.8, 4) is 17.2 Å². The minimum atomic E-state index is -0.259. The fourth-order valence-electron chi connectivity index (χ4n) is 3.53. The molecule has 0 amide bonds. The molecule has 5 nitrogen and oxygen atoms in total. The summed E-state index contributed by atoms with van der Waals surface area (Å²) in [5.74, 6) is 2.43. The van der Waals surface area contributed by atoms with Crippen LogP contribution in [0.2, 0.25) is 0 Å². The molecule has 2 N–H and O–H groups in total. The van der Waals surface area contributed by atoms with Crippen molar-refractivity contribution in [3.05, 3.63) is 47.5 Å².